The topological polar surface area (TPSA) is 47.9 Å². The third-order valence-electron chi connectivity index (χ3n) is 7.01. The molecule has 0 aliphatic carbocycles. The molecule has 0 spiro atoms. The van der Waals surface area contributed by atoms with Gasteiger partial charge in [0.15, 0.2) is 0 Å². The molecule has 38 heavy (non-hydrogen) atoms. The Morgan fingerprint density at radius 2 is 0.947 bits per heavy atom. The summed E-state index contributed by atoms with van der Waals surface area (Å²) >= 11 is 0. The van der Waals surface area contributed by atoms with Crippen LogP contribution in [0.4, 0.5) is 0 Å². The largest absolute Gasteiger partial charge is 0.562 e. The van der Waals surface area contributed by atoms with Crippen molar-refractivity contribution in [3.05, 3.63) is 121 Å². The second kappa shape index (κ2) is 8.72. The molecule has 0 bridgehead atoms. The summed E-state index contributed by atoms with van der Waals surface area (Å²) in [7, 11) is -4.02. The molecule has 0 amide bonds. The van der Waals surface area contributed by atoms with E-state index in [2.05, 4.69) is 47.9 Å². The highest BCUT2D eigenvalue weighted by atomic mass is 31.2. The average molecular weight is 512 g/mol. The van der Waals surface area contributed by atoms with Gasteiger partial charge in [0.05, 0.1) is 0 Å². The van der Waals surface area contributed by atoms with Gasteiger partial charge in [0.25, 0.3) is 0 Å². The van der Waals surface area contributed by atoms with Gasteiger partial charge in [-0.05, 0) is 51.9 Å². The van der Waals surface area contributed by atoms with E-state index in [9.17, 15) is 4.57 Å². The molecule has 0 saturated carbocycles. The highest BCUT2D eigenvalue weighted by Gasteiger charge is 2.38. The van der Waals surface area contributed by atoms with E-state index >= 15 is 0 Å². The van der Waals surface area contributed by atoms with Crippen molar-refractivity contribution in [3.8, 4) is 44.9 Å². The minimum atomic E-state index is -4.02. The van der Waals surface area contributed by atoms with Gasteiger partial charge < -0.3 is 9.05 Å². The molecule has 0 saturated heterocycles. The Kier molecular flexibility index (Phi) is 5.17. The Bertz CT molecular complexity index is 1780. The second-order valence-corrected chi connectivity index (χ2v) is 10.8. The highest BCUT2D eigenvalue weighted by molar-refractivity contribution is 7.53. The zero-order chi connectivity index (χ0) is 25.7. The first-order chi connectivity index (χ1) is 18.6. The highest BCUT2D eigenvalue weighted by Crippen LogP contribution is 2.63. The molecule has 0 unspecified atom stereocenters. The number of hydrogen-bond acceptors (Lipinski definition) is 3. The van der Waals surface area contributed by atoms with Gasteiger partial charge in [0.1, 0.15) is 11.5 Å². The van der Waals surface area contributed by atoms with Gasteiger partial charge in [-0.1, -0.05) is 109 Å². The van der Waals surface area contributed by atoms with Crippen molar-refractivity contribution in [3.63, 3.8) is 0 Å². The predicted octanol–water partition coefficient (Wildman–Crippen LogP) is 9.57. The Morgan fingerprint density at radius 3 is 1.37 bits per heavy atom. The first-order valence-corrected chi connectivity index (χ1v) is 13.8. The summed E-state index contributed by atoms with van der Waals surface area (Å²) in [4.78, 5) is 0. The third-order valence-corrected chi connectivity index (χ3v) is 8.18. The zero-order valence-electron chi connectivity index (χ0n) is 20.4. The first kappa shape index (κ1) is 22.5. The number of nitrogens with zero attached hydrogens (tertiary/aromatic N) is 1. The van der Waals surface area contributed by atoms with Crippen LogP contribution in [0.3, 0.4) is 0 Å². The fourth-order valence-corrected chi connectivity index (χ4v) is 6.31. The summed E-state index contributed by atoms with van der Waals surface area (Å²) in [5.41, 5.74) is 5.56. The molecule has 4 nitrogen and oxygen atoms in total. The van der Waals surface area contributed by atoms with Gasteiger partial charge in [-0.2, -0.15) is 4.76 Å². The molecule has 6 aromatic rings. The summed E-state index contributed by atoms with van der Waals surface area (Å²) < 4.78 is 30.6. The van der Waals surface area contributed by atoms with Crippen LogP contribution in [0.5, 0.6) is 11.5 Å². The smallest absolute Gasteiger partial charge is 0.398 e. The second-order valence-electron chi connectivity index (χ2n) is 9.22. The van der Waals surface area contributed by atoms with Crippen molar-refractivity contribution in [1.82, 2.24) is 0 Å². The lowest BCUT2D eigenvalue weighted by Gasteiger charge is -2.20. The molecule has 182 valence electrons. The van der Waals surface area contributed by atoms with E-state index < -0.39 is 7.75 Å². The lowest BCUT2D eigenvalue weighted by atomic mass is 9.84. The number of fused-ring (bicyclic) bond motifs is 7. The molecular formula is C33H22NO3P. The van der Waals surface area contributed by atoms with Crippen LogP contribution in [-0.4, -0.2) is 6.72 Å². The van der Waals surface area contributed by atoms with Crippen LogP contribution in [0.15, 0.2) is 126 Å². The van der Waals surface area contributed by atoms with E-state index in [0.29, 0.717) is 11.5 Å². The Hall–Kier alpha value is -4.66. The molecule has 0 atom stereocenters. The summed E-state index contributed by atoms with van der Waals surface area (Å²) in [6.45, 7) is 3.60. The number of benzene rings is 6. The monoisotopic (exact) mass is 511 g/mol. The van der Waals surface area contributed by atoms with Crippen LogP contribution in [0, 0.1) is 0 Å². The normalized spacial score (nSPS) is 13.6. The van der Waals surface area contributed by atoms with Crippen molar-refractivity contribution in [2.24, 2.45) is 4.76 Å². The molecule has 6 aromatic carbocycles. The van der Waals surface area contributed by atoms with E-state index in [4.69, 9.17) is 9.05 Å². The molecule has 1 heterocycles. The molecule has 0 N–H and O–H groups in total. The first-order valence-electron chi connectivity index (χ1n) is 12.4. The van der Waals surface area contributed by atoms with Crippen LogP contribution in [0.25, 0.3) is 54.9 Å². The number of rotatable bonds is 3. The zero-order valence-corrected chi connectivity index (χ0v) is 21.3. The Labute approximate surface area is 220 Å². The summed E-state index contributed by atoms with van der Waals surface area (Å²) in [5.74, 6) is 0.952. The van der Waals surface area contributed by atoms with Crippen molar-refractivity contribution in [2.45, 2.75) is 0 Å². The van der Waals surface area contributed by atoms with Crippen LogP contribution in [-0.2, 0) is 4.57 Å². The third kappa shape index (κ3) is 3.53. The van der Waals surface area contributed by atoms with E-state index in [0.717, 1.165) is 54.9 Å². The quantitative estimate of drug-likeness (QED) is 0.176. The van der Waals surface area contributed by atoms with Crippen LogP contribution >= 0.6 is 7.75 Å². The minimum absolute atomic E-state index is 0.476. The Balaban J connectivity index is 1.75. The van der Waals surface area contributed by atoms with E-state index in [1.165, 1.54) is 0 Å². The van der Waals surface area contributed by atoms with Crippen molar-refractivity contribution in [2.75, 3.05) is 0 Å². The fraction of sp³-hybridized carbons (Fsp3) is 0. The van der Waals surface area contributed by atoms with E-state index in [1.54, 1.807) is 0 Å². The van der Waals surface area contributed by atoms with E-state index in [1.807, 2.05) is 84.9 Å². The SMILES string of the molecule is C=NP1(=O)Oc2c(c(-c3ccccc3)cc3ccccc23)-c2c(-c3ccccc3)cc3ccccc3c2O1. The standard InChI is InChI=1S/C33H22NO3P/c1-34-38(35)36-32-26-18-10-8-16-24(26)20-28(22-12-4-2-5-13-22)30(32)31-29(23-14-6-3-7-15-23)21-25-17-9-11-19-27(25)33(31)37-38/h2-21H,1H2. The Morgan fingerprint density at radius 1 is 0.553 bits per heavy atom. The fourth-order valence-electron chi connectivity index (χ4n) is 5.31. The maximum absolute atomic E-state index is 14.1. The lowest BCUT2D eigenvalue weighted by molar-refractivity contribution is 0.396. The molecule has 0 radical (unpaired) electrons. The summed E-state index contributed by atoms with van der Waals surface area (Å²) in [6.07, 6.45) is 0. The summed E-state index contributed by atoms with van der Waals surface area (Å²) in [5, 5.41) is 3.58. The number of hydrogen-bond donors (Lipinski definition) is 0. The molecule has 1 aliphatic rings. The molecule has 7 rings (SSSR count). The van der Waals surface area contributed by atoms with Gasteiger partial charge in [-0.15, -0.1) is 0 Å². The summed E-state index contributed by atoms with van der Waals surface area (Å²) in [6, 6.07) is 40.6. The van der Waals surface area contributed by atoms with Crippen molar-refractivity contribution >= 4 is 36.0 Å². The molecule has 5 heteroatoms. The van der Waals surface area contributed by atoms with Crippen molar-refractivity contribution in [1.29, 1.82) is 0 Å². The molecule has 0 aromatic heterocycles. The average Bonchev–Trinajstić information content (AvgIpc) is 3.12. The molecule has 0 fully saturated rings. The van der Waals surface area contributed by atoms with Crippen LogP contribution < -0.4 is 9.05 Å². The predicted molar refractivity (Wildman–Crippen MR) is 156 cm³/mol. The van der Waals surface area contributed by atoms with Crippen LogP contribution in [0.1, 0.15) is 0 Å². The van der Waals surface area contributed by atoms with Gasteiger partial charge >= 0.3 is 7.75 Å². The maximum atomic E-state index is 14.1. The molecular weight excluding hydrogens is 489 g/mol. The van der Waals surface area contributed by atoms with Gasteiger partial charge in [0, 0.05) is 21.9 Å². The molecule has 1 aliphatic heterocycles. The lowest BCUT2D eigenvalue weighted by Crippen LogP contribution is -1.97. The van der Waals surface area contributed by atoms with E-state index in [-0.39, 0.29) is 0 Å². The minimum Gasteiger partial charge on any atom is -0.398 e. The van der Waals surface area contributed by atoms with Gasteiger partial charge in [-0.25, -0.2) is 4.57 Å². The van der Waals surface area contributed by atoms with Gasteiger partial charge in [-0.3, -0.25) is 0 Å². The maximum Gasteiger partial charge on any atom is 0.562 e. The van der Waals surface area contributed by atoms with Gasteiger partial charge in [0.2, 0.25) is 0 Å². The van der Waals surface area contributed by atoms with Crippen molar-refractivity contribution < 1.29 is 13.6 Å². The van der Waals surface area contributed by atoms with Crippen LogP contribution in [0.2, 0.25) is 0 Å².